The van der Waals surface area contributed by atoms with E-state index in [1.165, 1.54) is 21.3 Å². The number of aliphatic hydroxyl groups excluding tert-OH is 10. The predicted molar refractivity (Wildman–Crippen MR) is 197 cm³/mol. The lowest BCUT2D eigenvalue weighted by atomic mass is 9.72. The Morgan fingerprint density at radius 2 is 1.31 bits per heavy atom. The first kappa shape index (κ1) is 47.0. The molecule has 0 bridgehead atoms. The first-order valence-corrected chi connectivity index (χ1v) is 20.6. The molecule has 20 nitrogen and oxygen atoms in total. The number of carbonyl (C=O) groups excluding carboxylic acids is 1. The molecule has 6 fully saturated rings. The van der Waals surface area contributed by atoms with Crippen molar-refractivity contribution in [3.63, 3.8) is 0 Å². The van der Waals surface area contributed by atoms with Crippen LogP contribution < -0.4 is 0 Å². The minimum atomic E-state index is -1.84. The van der Waals surface area contributed by atoms with E-state index in [2.05, 4.69) is 0 Å². The fourth-order valence-corrected chi connectivity index (χ4v) is 9.73. The van der Waals surface area contributed by atoms with Crippen LogP contribution in [0.25, 0.3) is 0 Å². The topological polar surface area (TPSA) is 302 Å². The number of methoxy groups -OCH3 is 3. The summed E-state index contributed by atoms with van der Waals surface area (Å²) in [5.41, 5.74) is 0. The second-order valence-corrected chi connectivity index (χ2v) is 16.9. The van der Waals surface area contributed by atoms with Gasteiger partial charge in [-0.05, 0) is 63.2 Å². The van der Waals surface area contributed by atoms with Crippen molar-refractivity contribution in [3.05, 3.63) is 12.2 Å². The van der Waals surface area contributed by atoms with Crippen LogP contribution in [-0.2, 0) is 47.4 Å². The van der Waals surface area contributed by atoms with Gasteiger partial charge in [-0.1, -0.05) is 6.08 Å². The van der Waals surface area contributed by atoms with Crippen LogP contribution in [0.2, 0.25) is 0 Å². The average Bonchev–Trinajstić information content (AvgIpc) is 3.22. The van der Waals surface area contributed by atoms with Crippen LogP contribution >= 0.6 is 0 Å². The fourth-order valence-electron chi connectivity index (χ4n) is 9.73. The summed E-state index contributed by atoms with van der Waals surface area (Å²) in [5, 5.41) is 107. The first-order valence-electron chi connectivity index (χ1n) is 20.6. The molecule has 0 spiro atoms. The number of carbonyl (C=O) groups is 1. The van der Waals surface area contributed by atoms with E-state index in [4.69, 9.17) is 42.6 Å². The van der Waals surface area contributed by atoms with E-state index in [0.29, 0.717) is 32.1 Å². The maximum absolute atomic E-state index is 13.3. The van der Waals surface area contributed by atoms with Gasteiger partial charge in [0.2, 0.25) is 0 Å². The van der Waals surface area contributed by atoms with Gasteiger partial charge in [0.15, 0.2) is 18.7 Å². The lowest BCUT2D eigenvalue weighted by Crippen LogP contribution is -2.64. The molecular formula is C39H64O20. The molecule has 0 radical (unpaired) electrons. The average molecular weight is 853 g/mol. The van der Waals surface area contributed by atoms with E-state index in [1.807, 2.05) is 0 Å². The second-order valence-electron chi connectivity index (χ2n) is 16.9. The Bertz CT molecular complexity index is 1340. The van der Waals surface area contributed by atoms with Gasteiger partial charge in [0, 0.05) is 33.3 Å². The molecule has 6 aliphatic rings. The van der Waals surface area contributed by atoms with Crippen LogP contribution in [-0.4, -0.2) is 214 Å². The lowest BCUT2D eigenvalue weighted by Gasteiger charge is -2.51. The summed E-state index contributed by atoms with van der Waals surface area (Å²) >= 11 is 0. The molecule has 0 aromatic carbocycles. The Morgan fingerprint density at radius 3 is 1.97 bits per heavy atom. The highest BCUT2D eigenvalue weighted by atomic mass is 16.7. The largest absolute Gasteiger partial charge is 0.453 e. The van der Waals surface area contributed by atoms with Crippen molar-refractivity contribution in [1.82, 2.24) is 0 Å². The summed E-state index contributed by atoms with van der Waals surface area (Å²) in [7, 11) is 4.42. The molecule has 0 amide bonds. The van der Waals surface area contributed by atoms with E-state index < -0.39 is 148 Å². The number of hydrogen-bond acceptors (Lipinski definition) is 20. The van der Waals surface area contributed by atoms with Crippen molar-refractivity contribution in [2.45, 2.75) is 174 Å². The summed E-state index contributed by atoms with van der Waals surface area (Å²) in [6, 6.07) is 0. The van der Waals surface area contributed by atoms with Gasteiger partial charge < -0.3 is 93.7 Å². The molecule has 59 heavy (non-hydrogen) atoms. The number of hydrogen-bond donors (Lipinski definition) is 10. The summed E-state index contributed by atoms with van der Waals surface area (Å²) < 4.78 is 52.5. The molecule has 21 atom stereocenters. The molecule has 3 heterocycles. The number of ether oxygens (including phenoxy) is 9. The minimum absolute atomic E-state index is 0.131. The maximum Gasteiger partial charge on any atom is 0.330 e. The highest BCUT2D eigenvalue weighted by Crippen LogP contribution is 2.44. The number of aliphatic hydroxyl groups is 10. The van der Waals surface area contributed by atoms with Crippen molar-refractivity contribution < 1.29 is 98.5 Å². The van der Waals surface area contributed by atoms with Gasteiger partial charge in [0.1, 0.15) is 48.8 Å². The van der Waals surface area contributed by atoms with Gasteiger partial charge in [-0.15, -0.1) is 0 Å². The van der Waals surface area contributed by atoms with E-state index in [-0.39, 0.29) is 31.1 Å². The van der Waals surface area contributed by atoms with Crippen LogP contribution in [0.3, 0.4) is 0 Å². The van der Waals surface area contributed by atoms with Crippen LogP contribution in [0, 0.1) is 17.8 Å². The number of fused-ring (bicyclic) bond motifs is 1. The molecule has 10 N–H and O–H groups in total. The van der Waals surface area contributed by atoms with Crippen LogP contribution in [0.1, 0.15) is 51.4 Å². The molecule has 3 aliphatic heterocycles. The van der Waals surface area contributed by atoms with Gasteiger partial charge in [-0.25, -0.2) is 4.79 Å². The summed E-state index contributed by atoms with van der Waals surface area (Å²) in [6.07, 6.45) is -17.8. The van der Waals surface area contributed by atoms with Crippen molar-refractivity contribution in [2.24, 2.45) is 17.8 Å². The molecule has 3 saturated heterocycles. The number of esters is 1. The first-order chi connectivity index (χ1) is 28.2. The molecule has 3 saturated carbocycles. The Morgan fingerprint density at radius 1 is 0.644 bits per heavy atom. The molecular weight excluding hydrogens is 788 g/mol. The SMILES string of the molecule is COC1CC(C2OC3CC(O)CC(O)C3CC2OC2OC(COC3OC(CO)C(O)C(O)C3O)C(OC(=O)C=CC3CC(OC)C(O)C(OC)C3)C(O)C2O)CCC1O. The van der Waals surface area contributed by atoms with Gasteiger partial charge in [-0.3, -0.25) is 0 Å². The summed E-state index contributed by atoms with van der Waals surface area (Å²) in [4.78, 5) is 13.3. The standard InChI is InChI=1S/C39H64O20/c1-51-23-10-17(5-6-20(23)42)36-26(13-19-21(43)11-18(41)12-22(19)55-36)56-39-35(50)33(48)37(28(58-39)15-54-38-34(49)32(47)31(46)27(14-40)57-38)59-29(44)7-4-16-8-24(52-2)30(45)25(9-16)53-3/h4,7,16-28,30-43,45-50H,5-6,8-15H2,1-3H3. The quantitative estimate of drug-likeness (QED) is 0.0632. The van der Waals surface area contributed by atoms with Crippen LogP contribution in [0.5, 0.6) is 0 Å². The zero-order valence-electron chi connectivity index (χ0n) is 33.6. The number of allylic oxidation sites excluding steroid dienone is 1. The van der Waals surface area contributed by atoms with Gasteiger partial charge in [-0.2, -0.15) is 0 Å². The Balaban J connectivity index is 1.21. The highest BCUT2D eigenvalue weighted by Gasteiger charge is 2.54. The zero-order valence-corrected chi connectivity index (χ0v) is 33.6. The van der Waals surface area contributed by atoms with Gasteiger partial charge in [0.25, 0.3) is 0 Å². The molecule has 21 unspecified atom stereocenters. The maximum atomic E-state index is 13.3. The normalized spacial score (nSPS) is 49.7. The van der Waals surface area contributed by atoms with E-state index in [1.54, 1.807) is 6.08 Å². The molecule has 0 aromatic rings. The second kappa shape index (κ2) is 20.8. The van der Waals surface area contributed by atoms with Crippen molar-refractivity contribution >= 4 is 5.97 Å². The van der Waals surface area contributed by atoms with Crippen LogP contribution in [0.4, 0.5) is 0 Å². The summed E-state index contributed by atoms with van der Waals surface area (Å²) in [6.45, 7) is -1.32. The third-order valence-electron chi connectivity index (χ3n) is 13.2. The third kappa shape index (κ3) is 10.7. The van der Waals surface area contributed by atoms with Crippen molar-refractivity contribution in [2.75, 3.05) is 34.5 Å². The zero-order chi connectivity index (χ0) is 42.7. The van der Waals surface area contributed by atoms with E-state index >= 15 is 0 Å². The lowest BCUT2D eigenvalue weighted by molar-refractivity contribution is -0.347. The fraction of sp³-hybridized carbons (Fsp3) is 0.923. The van der Waals surface area contributed by atoms with Crippen molar-refractivity contribution in [1.29, 1.82) is 0 Å². The van der Waals surface area contributed by atoms with Gasteiger partial charge >= 0.3 is 5.97 Å². The number of rotatable bonds is 13. The van der Waals surface area contributed by atoms with Gasteiger partial charge in [0.05, 0.1) is 68.1 Å². The monoisotopic (exact) mass is 852 g/mol. The molecule has 3 aliphatic carbocycles. The molecule has 6 rings (SSSR count). The van der Waals surface area contributed by atoms with Crippen molar-refractivity contribution in [3.8, 4) is 0 Å². The molecule has 20 heteroatoms. The van der Waals surface area contributed by atoms with Crippen LogP contribution in [0.15, 0.2) is 12.2 Å². The van der Waals surface area contributed by atoms with E-state index in [0.717, 1.165) is 6.08 Å². The smallest absolute Gasteiger partial charge is 0.330 e. The Kier molecular flexibility index (Phi) is 16.5. The molecule has 0 aromatic heterocycles. The predicted octanol–water partition coefficient (Wildman–Crippen LogP) is -3.63. The summed E-state index contributed by atoms with van der Waals surface area (Å²) in [5.74, 6) is -1.85. The Hall–Kier alpha value is -1.51. The Labute approximate surface area is 342 Å². The minimum Gasteiger partial charge on any atom is -0.453 e. The van der Waals surface area contributed by atoms with E-state index in [9.17, 15) is 55.9 Å². The highest BCUT2D eigenvalue weighted by molar-refractivity contribution is 5.82. The third-order valence-corrected chi connectivity index (χ3v) is 13.2. The molecule has 340 valence electrons.